The monoisotopic (exact) mass is 386 g/mol. The largest absolute Gasteiger partial charge is 0.332 e. The molecule has 1 heterocycles. The average Bonchev–Trinajstić information content (AvgIpc) is 2.94. The molecule has 1 aliphatic rings. The van der Waals surface area contributed by atoms with Crippen LogP contribution >= 0.6 is 0 Å². The number of nitrogens with zero attached hydrogens (tertiary/aromatic N) is 2. The van der Waals surface area contributed by atoms with Gasteiger partial charge in [-0.25, -0.2) is 8.42 Å². The number of hydrogen-bond acceptors (Lipinski definition) is 3. The van der Waals surface area contributed by atoms with Crippen LogP contribution in [0.3, 0.4) is 0 Å². The first-order chi connectivity index (χ1) is 12.7. The lowest BCUT2D eigenvalue weighted by Crippen LogP contribution is -2.36. The minimum Gasteiger partial charge on any atom is -0.332 e. The zero-order valence-electron chi connectivity index (χ0n) is 16.2. The zero-order valence-corrected chi connectivity index (χ0v) is 17.0. The van der Waals surface area contributed by atoms with Crippen LogP contribution in [0.15, 0.2) is 48.5 Å². The van der Waals surface area contributed by atoms with Crippen LogP contribution in [-0.2, 0) is 23.0 Å². The van der Waals surface area contributed by atoms with Gasteiger partial charge in [0.15, 0.2) is 0 Å². The Balaban J connectivity index is 1.90. The molecule has 1 unspecified atom stereocenters. The van der Waals surface area contributed by atoms with Gasteiger partial charge < -0.3 is 4.90 Å². The van der Waals surface area contributed by atoms with Crippen molar-refractivity contribution in [3.05, 3.63) is 65.2 Å². The number of sulfonamides is 1. The van der Waals surface area contributed by atoms with Gasteiger partial charge in [0.05, 0.1) is 11.9 Å². The fraction of sp³-hybridized carbons (Fsp3) is 0.381. The van der Waals surface area contributed by atoms with E-state index in [1.807, 2.05) is 62.1 Å². The second-order valence-electron chi connectivity index (χ2n) is 7.47. The topological polar surface area (TPSA) is 57.7 Å². The molecule has 1 atom stereocenters. The number of carbonyl (C=O) groups excluding carboxylic acids is 1. The first-order valence-electron chi connectivity index (χ1n) is 9.15. The van der Waals surface area contributed by atoms with E-state index in [1.165, 1.54) is 10.6 Å². The SMILES string of the molecule is CC(C)N(Cc1ccccc1)C(=O)c1ccc2c(c1)CC(C)N2S(C)(=O)=O. The molecule has 6 heteroatoms. The third kappa shape index (κ3) is 4.00. The Kier molecular flexibility index (Phi) is 5.29. The van der Waals surface area contributed by atoms with Crippen molar-refractivity contribution in [1.82, 2.24) is 4.90 Å². The number of anilines is 1. The Labute approximate surface area is 161 Å². The highest BCUT2D eigenvalue weighted by atomic mass is 32.2. The van der Waals surface area contributed by atoms with Crippen molar-refractivity contribution in [3.8, 4) is 0 Å². The van der Waals surface area contributed by atoms with Crippen molar-refractivity contribution in [3.63, 3.8) is 0 Å². The highest BCUT2D eigenvalue weighted by Crippen LogP contribution is 2.35. The molecular formula is C21H26N2O3S. The number of amides is 1. The van der Waals surface area contributed by atoms with Crippen LogP contribution in [0.5, 0.6) is 0 Å². The van der Waals surface area contributed by atoms with Crippen molar-refractivity contribution in [2.45, 2.75) is 45.8 Å². The van der Waals surface area contributed by atoms with Crippen LogP contribution in [0.4, 0.5) is 5.69 Å². The van der Waals surface area contributed by atoms with Crippen molar-refractivity contribution in [2.24, 2.45) is 0 Å². The molecule has 0 radical (unpaired) electrons. The normalized spacial score (nSPS) is 16.5. The molecular weight excluding hydrogens is 360 g/mol. The minimum atomic E-state index is -3.33. The lowest BCUT2D eigenvalue weighted by atomic mass is 10.0. The van der Waals surface area contributed by atoms with E-state index in [1.54, 1.807) is 12.1 Å². The van der Waals surface area contributed by atoms with Gasteiger partial charge in [-0.2, -0.15) is 0 Å². The summed E-state index contributed by atoms with van der Waals surface area (Å²) in [6, 6.07) is 15.2. The van der Waals surface area contributed by atoms with Gasteiger partial charge in [0.1, 0.15) is 0 Å². The number of fused-ring (bicyclic) bond motifs is 1. The number of hydrogen-bond donors (Lipinski definition) is 0. The summed E-state index contributed by atoms with van der Waals surface area (Å²) < 4.78 is 25.6. The molecule has 1 amide bonds. The van der Waals surface area contributed by atoms with E-state index in [0.29, 0.717) is 24.2 Å². The lowest BCUT2D eigenvalue weighted by Gasteiger charge is -2.27. The van der Waals surface area contributed by atoms with E-state index in [-0.39, 0.29) is 18.0 Å². The predicted octanol–water partition coefficient (Wildman–Crippen LogP) is 3.45. The zero-order chi connectivity index (χ0) is 19.8. The van der Waals surface area contributed by atoms with Crippen molar-refractivity contribution >= 4 is 21.6 Å². The summed E-state index contributed by atoms with van der Waals surface area (Å²) in [6.07, 6.45) is 1.84. The first kappa shape index (κ1) is 19.4. The highest BCUT2D eigenvalue weighted by molar-refractivity contribution is 7.92. The molecule has 5 nitrogen and oxygen atoms in total. The maximum absolute atomic E-state index is 13.1. The molecule has 0 saturated heterocycles. The average molecular weight is 387 g/mol. The summed E-state index contributed by atoms with van der Waals surface area (Å²) in [5.41, 5.74) is 3.27. The van der Waals surface area contributed by atoms with Gasteiger partial charge >= 0.3 is 0 Å². The third-order valence-electron chi connectivity index (χ3n) is 4.92. The van der Waals surface area contributed by atoms with E-state index >= 15 is 0 Å². The Morgan fingerprint density at radius 2 is 1.85 bits per heavy atom. The van der Waals surface area contributed by atoms with E-state index < -0.39 is 10.0 Å². The highest BCUT2D eigenvalue weighted by Gasteiger charge is 2.33. The molecule has 2 aromatic rings. The van der Waals surface area contributed by atoms with E-state index in [9.17, 15) is 13.2 Å². The molecule has 144 valence electrons. The van der Waals surface area contributed by atoms with Crippen LogP contribution in [0.1, 0.15) is 42.3 Å². The van der Waals surface area contributed by atoms with Crippen LogP contribution in [-0.4, -0.2) is 37.6 Å². The van der Waals surface area contributed by atoms with Gasteiger partial charge in [-0.05, 0) is 56.5 Å². The Bertz CT molecular complexity index is 939. The fourth-order valence-corrected chi connectivity index (χ4v) is 4.94. The third-order valence-corrected chi connectivity index (χ3v) is 6.19. The molecule has 0 aromatic heterocycles. The summed E-state index contributed by atoms with van der Waals surface area (Å²) in [5.74, 6) is -0.0397. The molecule has 0 N–H and O–H groups in total. The van der Waals surface area contributed by atoms with Crippen LogP contribution in [0.25, 0.3) is 0 Å². The summed E-state index contributed by atoms with van der Waals surface area (Å²) in [6.45, 7) is 6.43. The molecule has 1 aliphatic heterocycles. The van der Waals surface area contributed by atoms with E-state index in [0.717, 1.165) is 11.1 Å². The fourth-order valence-electron chi connectivity index (χ4n) is 3.68. The van der Waals surface area contributed by atoms with E-state index in [2.05, 4.69) is 0 Å². The van der Waals surface area contributed by atoms with Gasteiger partial charge in [0.25, 0.3) is 5.91 Å². The molecule has 0 bridgehead atoms. The molecule has 3 rings (SSSR count). The van der Waals surface area contributed by atoms with Crippen molar-refractivity contribution < 1.29 is 13.2 Å². The Morgan fingerprint density at radius 1 is 1.19 bits per heavy atom. The molecule has 27 heavy (non-hydrogen) atoms. The van der Waals surface area contributed by atoms with Gasteiger partial charge in [-0.3, -0.25) is 9.10 Å². The van der Waals surface area contributed by atoms with Crippen LogP contribution in [0.2, 0.25) is 0 Å². The maximum Gasteiger partial charge on any atom is 0.254 e. The second kappa shape index (κ2) is 7.35. The van der Waals surface area contributed by atoms with Crippen molar-refractivity contribution in [1.29, 1.82) is 0 Å². The quantitative estimate of drug-likeness (QED) is 0.791. The molecule has 0 spiro atoms. The Hall–Kier alpha value is -2.34. The smallest absolute Gasteiger partial charge is 0.254 e. The van der Waals surface area contributed by atoms with Crippen LogP contribution in [0, 0.1) is 0 Å². The number of carbonyl (C=O) groups is 1. The molecule has 2 aromatic carbocycles. The lowest BCUT2D eigenvalue weighted by molar-refractivity contribution is 0.0690. The number of rotatable bonds is 5. The summed E-state index contributed by atoms with van der Waals surface area (Å²) >= 11 is 0. The molecule has 0 aliphatic carbocycles. The first-order valence-corrected chi connectivity index (χ1v) is 11.0. The number of benzene rings is 2. The summed E-state index contributed by atoms with van der Waals surface area (Å²) in [7, 11) is -3.33. The molecule has 0 saturated carbocycles. The summed E-state index contributed by atoms with van der Waals surface area (Å²) in [5, 5.41) is 0. The molecule has 0 fully saturated rings. The Morgan fingerprint density at radius 3 is 2.44 bits per heavy atom. The van der Waals surface area contributed by atoms with Gasteiger partial charge in [0, 0.05) is 24.2 Å². The van der Waals surface area contributed by atoms with Crippen molar-refractivity contribution in [2.75, 3.05) is 10.6 Å². The van der Waals surface area contributed by atoms with Gasteiger partial charge in [0.2, 0.25) is 10.0 Å². The standard InChI is InChI=1S/C21H26N2O3S/c1-15(2)22(14-17-8-6-5-7-9-17)21(24)18-10-11-20-19(13-18)12-16(3)23(20)27(4,25)26/h5-11,13,15-16H,12,14H2,1-4H3. The predicted molar refractivity (Wildman–Crippen MR) is 108 cm³/mol. The van der Waals surface area contributed by atoms with Gasteiger partial charge in [-0.1, -0.05) is 30.3 Å². The second-order valence-corrected chi connectivity index (χ2v) is 9.33. The maximum atomic E-state index is 13.1. The van der Waals surface area contributed by atoms with Gasteiger partial charge in [-0.15, -0.1) is 0 Å². The van der Waals surface area contributed by atoms with Crippen LogP contribution < -0.4 is 4.31 Å². The minimum absolute atomic E-state index is 0.0397. The summed E-state index contributed by atoms with van der Waals surface area (Å²) in [4.78, 5) is 15.0. The van der Waals surface area contributed by atoms with E-state index in [4.69, 9.17) is 0 Å².